The van der Waals surface area contributed by atoms with Crippen LogP contribution in [0.1, 0.15) is 252 Å². The zero-order valence-electron chi connectivity index (χ0n) is 53.0. The zero-order chi connectivity index (χ0) is 58.3. The van der Waals surface area contributed by atoms with E-state index in [0.29, 0.717) is 0 Å². The Morgan fingerprint density at radius 3 is 0.829 bits per heavy atom. The van der Waals surface area contributed by atoms with Crippen LogP contribution in [0.3, 0.4) is 0 Å². The summed E-state index contributed by atoms with van der Waals surface area (Å²) in [6.07, 6.45) is 14.6. The van der Waals surface area contributed by atoms with Crippen LogP contribution in [0.2, 0.25) is 0 Å². The Morgan fingerprint density at radius 1 is 0.280 bits per heavy atom. The molecule has 0 atom stereocenters. The van der Waals surface area contributed by atoms with Crippen LogP contribution in [0.15, 0.2) is 48.5 Å². The second-order valence-corrected chi connectivity index (χ2v) is 22.7. The number of allylic oxidation sites excluding steroid dienone is 8. The van der Waals surface area contributed by atoms with Gasteiger partial charge in [0.25, 0.3) is 0 Å². The van der Waals surface area contributed by atoms with E-state index in [9.17, 15) is 0 Å². The number of aromatic amines is 2. The summed E-state index contributed by atoms with van der Waals surface area (Å²) in [5, 5.41) is 0. The molecule has 16 bridgehead atoms. The lowest BCUT2D eigenvalue weighted by Gasteiger charge is -2.12. The smallest absolute Gasteiger partial charge is 0.0726 e. The molecule has 6 aromatic heterocycles. The SMILES string of the molecule is CCC1=C(CC)c2nc1cc1ccc(cc3c(CCc4c(CC)c5c(CC)c6nc(c(CC)c7nc(cc8ccc(cc4n5CC)[nH]8)C(CC)=C7CC)C(CC)=C6CC)c(CC)c(c(CC)c4nc(c2CC)C(CC)=C4CC)n3CC)[nH]1. The van der Waals surface area contributed by atoms with E-state index in [1.807, 2.05) is 0 Å². The minimum atomic E-state index is 0.848. The summed E-state index contributed by atoms with van der Waals surface area (Å²) in [4.78, 5) is 30.8. The number of hydrogen-bond acceptors (Lipinski definition) is 4. The maximum Gasteiger partial charge on any atom is 0.0726 e. The highest BCUT2D eigenvalue weighted by Gasteiger charge is 2.31. The summed E-state index contributed by atoms with van der Waals surface area (Å²) < 4.78 is 5.33. The Labute approximate surface area is 490 Å². The highest BCUT2D eigenvalue weighted by molar-refractivity contribution is 6.00. The number of aromatic nitrogens is 8. The standard InChI is InChI=1S/C74H94N8/c1-17-47-49(19-3)67-57(27-11)69-51(21-5)53(23-7)71(79-69)59(29-13)73-55(25-9)61(65(81(73)31-15)41-45-35-33-43(75-45)39-63(47)77-67)37-38-62-56(26-10)74-60(30-14)72-54(24-8)52(22-6)70(80-72)58(28-12)68-50(20-4)48(18-2)64(78-68)40-44-34-36-46(76-44)42-66(62)82(74)32-16/h33-36,39-42,75-76H,17-32,37-38H2,1-16H3. The molecule has 0 aliphatic carbocycles. The van der Waals surface area contributed by atoms with Gasteiger partial charge < -0.3 is 19.1 Å². The molecular formula is C74H94N8. The minimum absolute atomic E-state index is 0.848. The molecule has 0 aromatic carbocycles. The maximum absolute atomic E-state index is 5.91. The molecule has 8 nitrogen and oxygen atoms in total. The van der Waals surface area contributed by atoms with Gasteiger partial charge in [-0.1, -0.05) is 96.9 Å². The third-order valence-corrected chi connectivity index (χ3v) is 18.9. The van der Waals surface area contributed by atoms with Gasteiger partial charge in [0.05, 0.1) is 56.6 Å². The van der Waals surface area contributed by atoms with Gasteiger partial charge in [-0.15, -0.1) is 0 Å². The van der Waals surface area contributed by atoms with Gasteiger partial charge in [0.2, 0.25) is 0 Å². The lowest BCUT2D eigenvalue weighted by molar-refractivity contribution is 0.812. The van der Waals surface area contributed by atoms with Gasteiger partial charge in [-0.3, -0.25) is 0 Å². The molecule has 0 spiro atoms. The van der Waals surface area contributed by atoms with Crippen LogP contribution in [-0.2, 0) is 64.5 Å². The first-order valence-electron chi connectivity index (χ1n) is 32.4. The fourth-order valence-electron chi connectivity index (χ4n) is 15.3. The molecule has 10 rings (SSSR count). The Hall–Kier alpha value is -6.80. The van der Waals surface area contributed by atoms with E-state index in [2.05, 4.69) is 178 Å². The molecule has 2 N–H and O–H groups in total. The van der Waals surface area contributed by atoms with E-state index in [1.54, 1.807) is 0 Å². The molecule has 0 saturated carbocycles. The molecule has 4 aliphatic rings. The topological polar surface area (TPSA) is 93.0 Å². The van der Waals surface area contributed by atoms with E-state index < -0.39 is 0 Å². The molecule has 0 saturated heterocycles. The average Bonchev–Trinajstić information content (AvgIpc) is 2.56. The predicted octanol–water partition coefficient (Wildman–Crippen LogP) is 20.0. The average molecular weight is 1100 g/mol. The first-order valence-corrected chi connectivity index (χ1v) is 32.4. The molecule has 0 amide bonds. The van der Waals surface area contributed by atoms with Crippen molar-refractivity contribution in [3.63, 3.8) is 0 Å². The van der Waals surface area contributed by atoms with Crippen molar-refractivity contribution < 1.29 is 0 Å². The normalized spacial score (nSPS) is 13.8. The zero-order valence-corrected chi connectivity index (χ0v) is 53.0. The fourth-order valence-corrected chi connectivity index (χ4v) is 15.3. The van der Waals surface area contributed by atoms with E-state index in [4.69, 9.17) is 19.9 Å². The van der Waals surface area contributed by atoms with Gasteiger partial charge >= 0.3 is 0 Å². The van der Waals surface area contributed by atoms with E-state index >= 15 is 0 Å². The lowest BCUT2D eigenvalue weighted by Crippen LogP contribution is -2.01. The number of nitrogens with one attached hydrogen (secondary N) is 2. The molecule has 0 unspecified atom stereocenters. The van der Waals surface area contributed by atoms with Crippen LogP contribution in [0.25, 0.3) is 88.7 Å². The van der Waals surface area contributed by atoms with Crippen molar-refractivity contribution >= 4 is 88.7 Å². The molecule has 10 heterocycles. The number of hydrogen-bond donors (Lipinski definition) is 2. The van der Waals surface area contributed by atoms with E-state index in [0.717, 1.165) is 172 Å². The van der Waals surface area contributed by atoms with Crippen LogP contribution in [-0.4, -0.2) is 39.0 Å². The van der Waals surface area contributed by atoms with Crippen molar-refractivity contribution in [1.82, 2.24) is 39.0 Å². The monoisotopic (exact) mass is 1090 g/mol. The Balaban J connectivity index is 1.33. The Kier molecular flexibility index (Phi) is 17.5. The highest BCUT2D eigenvalue weighted by Crippen LogP contribution is 2.46. The first kappa shape index (κ1) is 58.4. The molecule has 430 valence electrons. The molecular weight excluding hydrogens is 1000 g/mol. The van der Waals surface area contributed by atoms with Crippen molar-refractivity contribution in [2.75, 3.05) is 0 Å². The second kappa shape index (κ2) is 24.6. The quantitative estimate of drug-likeness (QED) is 0.0845. The molecule has 6 aromatic rings. The van der Waals surface area contributed by atoms with Crippen LogP contribution in [0, 0.1) is 0 Å². The van der Waals surface area contributed by atoms with Crippen LogP contribution < -0.4 is 0 Å². The molecule has 4 aliphatic heterocycles. The van der Waals surface area contributed by atoms with Gasteiger partial charge in [0, 0.05) is 68.4 Å². The summed E-state index contributed by atoms with van der Waals surface area (Å²) >= 11 is 0. The van der Waals surface area contributed by atoms with E-state index in [-0.39, 0.29) is 0 Å². The second-order valence-electron chi connectivity index (χ2n) is 22.7. The number of nitrogens with zero attached hydrogens (tertiary/aromatic N) is 6. The largest absolute Gasteiger partial charge is 0.355 e. The van der Waals surface area contributed by atoms with Crippen molar-refractivity contribution in [2.45, 2.75) is 227 Å². The summed E-state index contributed by atoms with van der Waals surface area (Å²) in [6.45, 7) is 39.1. The van der Waals surface area contributed by atoms with Gasteiger partial charge in [0.1, 0.15) is 0 Å². The molecule has 0 radical (unpaired) electrons. The van der Waals surface area contributed by atoms with Gasteiger partial charge in [-0.05, 0) is 232 Å². The summed E-state index contributed by atoms with van der Waals surface area (Å²) in [5.74, 6) is 0. The third-order valence-electron chi connectivity index (χ3n) is 18.9. The number of fused-ring (bicyclic) bond motifs is 16. The minimum Gasteiger partial charge on any atom is -0.355 e. The lowest BCUT2D eigenvalue weighted by atomic mass is 9.91. The Bertz CT molecular complexity index is 3730. The van der Waals surface area contributed by atoms with E-state index in [1.165, 1.54) is 123 Å². The van der Waals surface area contributed by atoms with Crippen LogP contribution in [0.5, 0.6) is 0 Å². The van der Waals surface area contributed by atoms with Gasteiger partial charge in [-0.25, -0.2) is 19.9 Å². The van der Waals surface area contributed by atoms with Crippen LogP contribution >= 0.6 is 0 Å². The Morgan fingerprint density at radius 2 is 0.549 bits per heavy atom. The molecule has 82 heavy (non-hydrogen) atoms. The number of rotatable bonds is 19. The first-order chi connectivity index (χ1) is 40.0. The van der Waals surface area contributed by atoms with Crippen molar-refractivity contribution in [2.24, 2.45) is 0 Å². The highest BCUT2D eigenvalue weighted by atomic mass is 15.0. The van der Waals surface area contributed by atoms with Gasteiger partial charge in [-0.2, -0.15) is 0 Å². The summed E-state index contributed by atoms with van der Waals surface area (Å²) in [5.41, 5.74) is 41.0. The predicted molar refractivity (Wildman–Crippen MR) is 354 cm³/mol. The summed E-state index contributed by atoms with van der Waals surface area (Å²) in [7, 11) is 0. The van der Waals surface area contributed by atoms with Crippen molar-refractivity contribution in [3.8, 4) is 0 Å². The summed E-state index contributed by atoms with van der Waals surface area (Å²) in [6, 6.07) is 18.6. The van der Waals surface area contributed by atoms with Crippen LogP contribution in [0.4, 0.5) is 0 Å². The number of H-pyrrole nitrogens is 2. The molecule has 0 fully saturated rings. The number of aryl methyl sites for hydroxylation is 8. The maximum atomic E-state index is 5.91. The fraction of sp³-hybridized carbons (Fsp3) is 0.459. The third kappa shape index (κ3) is 9.52. The van der Waals surface area contributed by atoms with Crippen molar-refractivity contribution in [3.05, 3.63) is 139 Å². The molecule has 8 heteroatoms. The van der Waals surface area contributed by atoms with Gasteiger partial charge in [0.15, 0.2) is 0 Å². The van der Waals surface area contributed by atoms with Crippen molar-refractivity contribution in [1.29, 1.82) is 0 Å².